The van der Waals surface area contributed by atoms with Crippen LogP contribution in [-0.4, -0.2) is 45.5 Å². The van der Waals surface area contributed by atoms with Crippen molar-refractivity contribution < 1.29 is 39.3 Å². The lowest BCUT2D eigenvalue weighted by molar-refractivity contribution is -0.790. The van der Waals surface area contributed by atoms with Gasteiger partial charge in [-0.2, -0.15) is 0 Å². The Bertz CT molecular complexity index is 1110. The summed E-state index contributed by atoms with van der Waals surface area (Å²) in [4.78, 5) is 67.8. The summed E-state index contributed by atoms with van der Waals surface area (Å²) in [7, 11) is 0. The third kappa shape index (κ3) is 7.95. The van der Waals surface area contributed by atoms with Gasteiger partial charge < -0.3 is 14.8 Å². The zero-order valence-corrected chi connectivity index (χ0v) is 20.9. The first-order valence-corrected chi connectivity index (χ1v) is 11.8. The first kappa shape index (κ1) is 29.1. The lowest BCUT2D eigenvalue weighted by Gasteiger charge is -2.28. The van der Waals surface area contributed by atoms with Gasteiger partial charge in [0, 0.05) is 28.2 Å². The second-order valence-electron chi connectivity index (χ2n) is 8.94. The minimum atomic E-state index is -1.17. The number of nitrogens with zero attached hydrogens (tertiary/aromatic N) is 2. The smallest absolute Gasteiger partial charge is 0.306 e. The minimum absolute atomic E-state index is 0.0454. The number of benzene rings is 1. The molecule has 2 rings (SSSR count). The van der Waals surface area contributed by atoms with Crippen LogP contribution in [0.15, 0.2) is 52.6 Å². The molecule has 3 atom stereocenters. The van der Waals surface area contributed by atoms with E-state index in [1.165, 1.54) is 0 Å². The number of allylic oxidation sites excluding steroid dienone is 4. The van der Waals surface area contributed by atoms with Crippen molar-refractivity contribution in [2.24, 2.45) is 5.92 Å². The molecule has 0 bridgehead atoms. The topological polar surface area (TPSA) is 176 Å². The molecule has 200 valence electrons. The number of carboxylic acids is 1. The summed E-state index contributed by atoms with van der Waals surface area (Å²) in [6.07, 6.45) is -0.253. The van der Waals surface area contributed by atoms with Gasteiger partial charge in [-0.05, 0) is 45.6 Å². The quantitative estimate of drug-likeness (QED) is 0.154. The fourth-order valence-electron chi connectivity index (χ4n) is 4.46. The van der Waals surface area contributed by atoms with Crippen LogP contribution < -0.4 is 0 Å². The zero-order valence-electron chi connectivity index (χ0n) is 20.9. The van der Waals surface area contributed by atoms with E-state index >= 15 is 0 Å². The standard InChI is InChI=1S/C25H30N2O10/c1-15-16(2)24(29)22(17(3)23(15)28)21(18-9-5-4-6-10-18)13-19(25(30)31)11-7-8-12-20(37-27(34)35)14-36-26(32)33/h4-6,9-10,19-21H,7-8,11-14H2,1-3H3,(H,30,31). The molecule has 0 fully saturated rings. The monoisotopic (exact) mass is 518 g/mol. The largest absolute Gasteiger partial charge is 0.481 e. The van der Waals surface area contributed by atoms with E-state index in [0.717, 1.165) is 0 Å². The van der Waals surface area contributed by atoms with Gasteiger partial charge in [0.1, 0.15) is 12.7 Å². The van der Waals surface area contributed by atoms with Crippen LogP contribution >= 0.6 is 0 Å². The van der Waals surface area contributed by atoms with Crippen molar-refractivity contribution in [2.45, 2.75) is 64.9 Å². The molecule has 0 aromatic heterocycles. The summed E-state index contributed by atoms with van der Waals surface area (Å²) in [5, 5.41) is 28.8. The zero-order chi connectivity index (χ0) is 27.7. The molecular formula is C25H30N2O10. The van der Waals surface area contributed by atoms with Gasteiger partial charge in [-0.3, -0.25) is 14.4 Å². The Balaban J connectivity index is 2.20. The average molecular weight is 519 g/mol. The van der Waals surface area contributed by atoms with Gasteiger partial charge in [0.05, 0.1) is 5.92 Å². The molecular weight excluding hydrogens is 488 g/mol. The van der Waals surface area contributed by atoms with Crippen LogP contribution in [0.5, 0.6) is 0 Å². The summed E-state index contributed by atoms with van der Waals surface area (Å²) in [6.45, 7) is 4.15. The summed E-state index contributed by atoms with van der Waals surface area (Å²) in [5.74, 6) is -3.11. The van der Waals surface area contributed by atoms with Crippen molar-refractivity contribution in [3.8, 4) is 0 Å². The number of carbonyl (C=O) groups excluding carboxylic acids is 2. The molecule has 0 saturated heterocycles. The number of aliphatic carboxylic acids is 1. The highest BCUT2D eigenvalue weighted by Crippen LogP contribution is 2.39. The van der Waals surface area contributed by atoms with Gasteiger partial charge in [-0.1, -0.05) is 43.2 Å². The first-order valence-electron chi connectivity index (χ1n) is 11.8. The highest BCUT2D eigenvalue weighted by Gasteiger charge is 2.35. The fraction of sp³-hybridized carbons (Fsp3) is 0.480. The Hall–Kier alpha value is -4.09. The van der Waals surface area contributed by atoms with Crippen molar-refractivity contribution in [3.05, 3.63) is 78.4 Å². The third-order valence-electron chi connectivity index (χ3n) is 6.58. The highest BCUT2D eigenvalue weighted by atomic mass is 17.0. The molecule has 12 heteroatoms. The number of carboxylic acid groups (broad SMARTS) is 1. The number of carbonyl (C=O) groups is 3. The molecule has 37 heavy (non-hydrogen) atoms. The first-order chi connectivity index (χ1) is 17.4. The Morgan fingerprint density at radius 2 is 1.51 bits per heavy atom. The van der Waals surface area contributed by atoms with Crippen LogP contribution in [0.2, 0.25) is 0 Å². The molecule has 0 saturated carbocycles. The summed E-state index contributed by atoms with van der Waals surface area (Å²) < 4.78 is 0. The Kier molecular flexibility index (Phi) is 10.5. The molecule has 12 nitrogen and oxygen atoms in total. The number of hydrogen-bond acceptors (Lipinski definition) is 9. The van der Waals surface area contributed by atoms with Crippen LogP contribution in [0.3, 0.4) is 0 Å². The molecule has 1 N–H and O–H groups in total. The SMILES string of the molecule is CC1=C(C)C(=O)C(C(CC(CCCCC(CO[N+](=O)[O-])O[N+](=O)[O-])C(=O)O)c2ccccc2)=C(C)C1=O. The van der Waals surface area contributed by atoms with Gasteiger partial charge in [0.25, 0.3) is 10.2 Å². The number of unbranched alkanes of at least 4 members (excludes halogenated alkanes) is 1. The Morgan fingerprint density at radius 3 is 2.08 bits per heavy atom. The lowest BCUT2D eigenvalue weighted by atomic mass is 9.74. The van der Waals surface area contributed by atoms with E-state index in [1.807, 2.05) is 0 Å². The van der Waals surface area contributed by atoms with Gasteiger partial charge in [0.2, 0.25) is 0 Å². The molecule has 0 spiro atoms. The van der Waals surface area contributed by atoms with E-state index in [4.69, 9.17) is 0 Å². The second kappa shape index (κ2) is 13.3. The molecule has 3 unspecified atom stereocenters. The maximum Gasteiger partial charge on any atom is 0.306 e. The third-order valence-corrected chi connectivity index (χ3v) is 6.58. The summed E-state index contributed by atoms with van der Waals surface area (Å²) >= 11 is 0. The molecule has 1 aromatic rings. The van der Waals surface area contributed by atoms with Crippen LogP contribution in [0.1, 0.15) is 64.4 Å². The van der Waals surface area contributed by atoms with E-state index in [0.29, 0.717) is 40.7 Å². The van der Waals surface area contributed by atoms with Crippen LogP contribution in [0.25, 0.3) is 0 Å². The molecule has 0 amide bonds. The second-order valence-corrected chi connectivity index (χ2v) is 8.94. The van der Waals surface area contributed by atoms with Gasteiger partial charge >= 0.3 is 5.97 Å². The van der Waals surface area contributed by atoms with Crippen LogP contribution in [0.4, 0.5) is 0 Å². The minimum Gasteiger partial charge on any atom is -0.481 e. The number of hydrogen-bond donors (Lipinski definition) is 1. The van der Waals surface area contributed by atoms with Crippen molar-refractivity contribution >= 4 is 17.5 Å². The van der Waals surface area contributed by atoms with Crippen molar-refractivity contribution in [1.82, 2.24) is 0 Å². The molecule has 1 aliphatic rings. The Labute approximate surface area is 213 Å². The van der Waals surface area contributed by atoms with E-state index in [9.17, 15) is 39.7 Å². The van der Waals surface area contributed by atoms with Gasteiger partial charge in [0.15, 0.2) is 11.6 Å². The van der Waals surface area contributed by atoms with Crippen molar-refractivity contribution in [3.63, 3.8) is 0 Å². The van der Waals surface area contributed by atoms with E-state index in [2.05, 4.69) is 9.68 Å². The predicted octanol–water partition coefficient (Wildman–Crippen LogP) is 4.01. The maximum absolute atomic E-state index is 13.2. The highest BCUT2D eigenvalue weighted by molar-refractivity contribution is 6.25. The summed E-state index contributed by atoms with van der Waals surface area (Å²) in [5.41, 5.74) is 2.03. The molecule has 1 aromatic carbocycles. The van der Waals surface area contributed by atoms with Crippen molar-refractivity contribution in [2.75, 3.05) is 6.61 Å². The molecule has 0 aliphatic heterocycles. The molecule has 1 aliphatic carbocycles. The molecule has 0 radical (unpaired) electrons. The van der Waals surface area contributed by atoms with E-state index in [-0.39, 0.29) is 30.8 Å². The van der Waals surface area contributed by atoms with E-state index < -0.39 is 40.7 Å². The predicted molar refractivity (Wildman–Crippen MR) is 129 cm³/mol. The van der Waals surface area contributed by atoms with Gasteiger partial charge in [-0.25, -0.2) is 0 Å². The average Bonchev–Trinajstić information content (AvgIpc) is 2.85. The normalized spacial score (nSPS) is 16.3. The van der Waals surface area contributed by atoms with Crippen LogP contribution in [0, 0.1) is 26.1 Å². The lowest BCUT2D eigenvalue weighted by Crippen LogP contribution is -2.27. The number of rotatable bonds is 15. The van der Waals surface area contributed by atoms with Gasteiger partial charge in [-0.15, -0.1) is 20.2 Å². The Morgan fingerprint density at radius 1 is 0.919 bits per heavy atom. The number of ketones is 2. The maximum atomic E-state index is 13.2. The van der Waals surface area contributed by atoms with Crippen LogP contribution in [-0.2, 0) is 24.1 Å². The van der Waals surface area contributed by atoms with E-state index in [1.54, 1.807) is 51.1 Å². The van der Waals surface area contributed by atoms with Crippen molar-refractivity contribution in [1.29, 1.82) is 0 Å². The number of Topliss-reactive ketones (excluding diaryl/α,β-unsaturated/α-hetero) is 2. The molecule has 0 heterocycles. The fourth-order valence-corrected chi connectivity index (χ4v) is 4.46. The summed E-state index contributed by atoms with van der Waals surface area (Å²) in [6, 6.07) is 8.93.